The van der Waals surface area contributed by atoms with Crippen molar-refractivity contribution in [1.82, 2.24) is 0 Å². The fourth-order valence-corrected chi connectivity index (χ4v) is 4.13. The molecule has 0 aliphatic carbocycles. The van der Waals surface area contributed by atoms with Crippen LogP contribution in [0.3, 0.4) is 0 Å². The van der Waals surface area contributed by atoms with Crippen LogP contribution in [0.1, 0.15) is 96.8 Å². The van der Waals surface area contributed by atoms with E-state index in [-0.39, 0.29) is 0 Å². The van der Waals surface area contributed by atoms with Crippen molar-refractivity contribution in [3.8, 4) is 0 Å². The fraction of sp³-hybridized carbons (Fsp3) is 1.00. The third-order valence-corrected chi connectivity index (χ3v) is 7.32. The van der Waals surface area contributed by atoms with E-state index in [1.807, 2.05) is 0 Å². The summed E-state index contributed by atoms with van der Waals surface area (Å²) in [6.07, 6.45) is 19.9. The van der Waals surface area contributed by atoms with Gasteiger partial charge in [0.05, 0.1) is 5.75 Å². The molecule has 0 aliphatic rings. The molecule has 0 aliphatic heterocycles. The molecule has 0 aromatic rings. The van der Waals surface area contributed by atoms with Crippen LogP contribution in [0.4, 0.5) is 0 Å². The van der Waals surface area contributed by atoms with Crippen molar-refractivity contribution in [1.29, 1.82) is 0 Å². The minimum Gasteiger partial charge on any atom is -0.217 e. The fourth-order valence-electron chi connectivity index (χ4n) is 2.56. The summed E-state index contributed by atoms with van der Waals surface area (Å²) in [6.45, 7) is 2.27. The average Bonchev–Trinajstić information content (AvgIpc) is 2.47. The zero-order valence-corrected chi connectivity index (χ0v) is 15.9. The monoisotopic (exact) mass is 336 g/mol. The second kappa shape index (κ2) is 15.2. The van der Waals surface area contributed by atoms with E-state index in [4.69, 9.17) is 0 Å². The summed E-state index contributed by atoms with van der Waals surface area (Å²) in [5, 5.41) is 0. The Morgan fingerprint density at radius 1 is 0.619 bits per heavy atom. The standard InChI is InChI=1S/C17H36O2S2/c1-3-4-5-6-7-8-9-10-11-12-13-14-15-16-17-21(18,19)20-2/h3-17H2,1-2H3. The first-order valence-corrected chi connectivity index (χ1v) is 12.3. The van der Waals surface area contributed by atoms with Crippen molar-refractivity contribution in [2.45, 2.75) is 96.8 Å². The SMILES string of the molecule is CCCCCCCCCCCCCCCCS(=O)(=O)SC. The molecule has 0 aromatic heterocycles. The Hall–Kier alpha value is 0.300. The molecule has 0 atom stereocenters. The first kappa shape index (κ1) is 21.3. The molecule has 0 bridgehead atoms. The van der Waals surface area contributed by atoms with Crippen molar-refractivity contribution in [3.05, 3.63) is 0 Å². The Labute approximate surface area is 137 Å². The van der Waals surface area contributed by atoms with Crippen molar-refractivity contribution >= 4 is 19.7 Å². The average molecular weight is 337 g/mol. The summed E-state index contributed by atoms with van der Waals surface area (Å²) in [4.78, 5) is 0. The number of hydrogen-bond donors (Lipinski definition) is 0. The van der Waals surface area contributed by atoms with Gasteiger partial charge < -0.3 is 0 Å². The van der Waals surface area contributed by atoms with Gasteiger partial charge in [0.15, 0.2) is 0 Å². The largest absolute Gasteiger partial charge is 0.217 e. The van der Waals surface area contributed by atoms with Crippen molar-refractivity contribution in [3.63, 3.8) is 0 Å². The Bertz CT molecular complexity index is 300. The molecule has 0 heterocycles. The van der Waals surface area contributed by atoms with Crippen LogP contribution in [-0.2, 0) is 8.87 Å². The topological polar surface area (TPSA) is 34.1 Å². The minimum atomic E-state index is -2.82. The third-order valence-electron chi connectivity index (χ3n) is 4.00. The lowest BCUT2D eigenvalue weighted by Crippen LogP contribution is -1.99. The molecule has 0 saturated heterocycles. The molecule has 0 saturated carbocycles. The van der Waals surface area contributed by atoms with Crippen LogP contribution in [0.2, 0.25) is 0 Å². The molecule has 21 heavy (non-hydrogen) atoms. The maximum atomic E-state index is 11.3. The Morgan fingerprint density at radius 2 is 0.952 bits per heavy atom. The quantitative estimate of drug-likeness (QED) is 0.250. The van der Waals surface area contributed by atoms with Gasteiger partial charge in [0.25, 0.3) is 0 Å². The zero-order chi connectivity index (χ0) is 15.8. The summed E-state index contributed by atoms with van der Waals surface area (Å²) in [5.74, 6) is 0.353. The molecule has 0 fully saturated rings. The second-order valence-electron chi connectivity index (χ2n) is 6.02. The number of hydrogen-bond acceptors (Lipinski definition) is 3. The van der Waals surface area contributed by atoms with E-state index in [0.717, 1.165) is 23.6 Å². The van der Waals surface area contributed by atoms with Gasteiger partial charge in [-0.15, -0.1) is 0 Å². The van der Waals surface area contributed by atoms with Crippen LogP contribution in [0.15, 0.2) is 0 Å². The summed E-state index contributed by atoms with van der Waals surface area (Å²) < 4.78 is 22.6. The summed E-state index contributed by atoms with van der Waals surface area (Å²) in [6, 6.07) is 0. The van der Waals surface area contributed by atoms with Gasteiger partial charge >= 0.3 is 0 Å². The van der Waals surface area contributed by atoms with Crippen LogP contribution in [-0.4, -0.2) is 20.4 Å². The van der Waals surface area contributed by atoms with Gasteiger partial charge in [-0.1, -0.05) is 90.4 Å². The van der Waals surface area contributed by atoms with Gasteiger partial charge in [-0.25, -0.2) is 8.42 Å². The van der Waals surface area contributed by atoms with E-state index in [0.29, 0.717) is 5.75 Å². The smallest absolute Gasteiger partial charge is 0.201 e. The minimum absolute atomic E-state index is 0.353. The van der Waals surface area contributed by atoms with Gasteiger partial charge in [0, 0.05) is 0 Å². The first-order valence-electron chi connectivity index (χ1n) is 8.90. The molecule has 0 unspecified atom stereocenters. The second-order valence-corrected chi connectivity index (χ2v) is 10.4. The maximum absolute atomic E-state index is 11.3. The van der Waals surface area contributed by atoms with Gasteiger partial charge in [-0.05, 0) is 23.5 Å². The molecular weight excluding hydrogens is 300 g/mol. The Balaban J connectivity index is 3.09. The van der Waals surface area contributed by atoms with Gasteiger partial charge in [0.1, 0.15) is 0 Å². The van der Waals surface area contributed by atoms with E-state index in [2.05, 4.69) is 6.92 Å². The molecule has 2 nitrogen and oxygen atoms in total. The molecule has 0 radical (unpaired) electrons. The van der Waals surface area contributed by atoms with Crippen LogP contribution in [0, 0.1) is 0 Å². The van der Waals surface area contributed by atoms with E-state index < -0.39 is 8.87 Å². The van der Waals surface area contributed by atoms with Gasteiger partial charge in [-0.3, -0.25) is 0 Å². The molecule has 4 heteroatoms. The number of rotatable bonds is 16. The maximum Gasteiger partial charge on any atom is 0.201 e. The lowest BCUT2D eigenvalue weighted by atomic mass is 10.0. The van der Waals surface area contributed by atoms with E-state index >= 15 is 0 Å². The van der Waals surface area contributed by atoms with Crippen molar-refractivity contribution in [2.75, 3.05) is 12.0 Å². The van der Waals surface area contributed by atoms with Crippen LogP contribution >= 0.6 is 10.8 Å². The predicted octanol–water partition coefficient (Wildman–Crippen LogP) is 6.16. The normalized spacial score (nSPS) is 11.9. The highest BCUT2D eigenvalue weighted by atomic mass is 33.1. The van der Waals surface area contributed by atoms with E-state index in [1.54, 1.807) is 6.26 Å². The zero-order valence-electron chi connectivity index (χ0n) is 14.2. The molecule has 0 rings (SSSR count). The predicted molar refractivity (Wildman–Crippen MR) is 97.6 cm³/mol. The van der Waals surface area contributed by atoms with Crippen LogP contribution in [0.5, 0.6) is 0 Å². The van der Waals surface area contributed by atoms with Crippen molar-refractivity contribution < 1.29 is 8.42 Å². The highest BCUT2D eigenvalue weighted by molar-refractivity contribution is 8.71. The highest BCUT2D eigenvalue weighted by Crippen LogP contribution is 2.14. The molecular formula is C17H36O2S2. The highest BCUT2D eigenvalue weighted by Gasteiger charge is 2.06. The summed E-state index contributed by atoms with van der Waals surface area (Å²) >= 11 is 0. The molecule has 0 amide bonds. The van der Waals surface area contributed by atoms with E-state index in [1.165, 1.54) is 77.0 Å². The van der Waals surface area contributed by atoms with E-state index in [9.17, 15) is 8.42 Å². The molecule has 0 spiro atoms. The molecule has 0 N–H and O–H groups in total. The Morgan fingerprint density at radius 3 is 1.29 bits per heavy atom. The Kier molecular flexibility index (Phi) is 15.4. The molecule has 128 valence electrons. The summed E-state index contributed by atoms with van der Waals surface area (Å²) in [5.41, 5.74) is 0. The van der Waals surface area contributed by atoms with Crippen LogP contribution in [0.25, 0.3) is 0 Å². The summed E-state index contributed by atoms with van der Waals surface area (Å²) in [7, 11) is -1.83. The van der Waals surface area contributed by atoms with Gasteiger partial charge in [-0.2, -0.15) is 0 Å². The van der Waals surface area contributed by atoms with Crippen LogP contribution < -0.4 is 0 Å². The van der Waals surface area contributed by atoms with Gasteiger partial charge in [0.2, 0.25) is 8.87 Å². The number of unbranched alkanes of at least 4 members (excludes halogenated alkanes) is 13. The lowest BCUT2D eigenvalue weighted by molar-refractivity contribution is 0.537. The van der Waals surface area contributed by atoms with Crippen molar-refractivity contribution in [2.24, 2.45) is 0 Å². The lowest BCUT2D eigenvalue weighted by Gasteiger charge is -2.03. The third kappa shape index (κ3) is 16.5. The molecule has 0 aromatic carbocycles. The first-order chi connectivity index (χ1) is 10.1.